The molecule has 0 aromatic heterocycles. The molecule has 1 aromatic rings. The highest BCUT2D eigenvalue weighted by atomic mass is 16.5. The highest BCUT2D eigenvalue weighted by molar-refractivity contribution is 5.85. The predicted octanol–water partition coefficient (Wildman–Crippen LogP) is 1.72. The molecule has 4 rings (SSSR count). The van der Waals surface area contributed by atoms with Crippen molar-refractivity contribution >= 4 is 11.9 Å². The molecule has 2 N–H and O–H groups in total. The molecule has 0 radical (unpaired) electrons. The standard InChI is InChI=1S/C19H23NO5/c21-16(20-12-18(17(22)23)5-8-24-9-6-18)14-11-19(14)7-10-25-15-4-2-1-3-13(15)19/h1-4,14H,5-12H2,(H,20,21)(H,22,23)/t14-,19-/m0/s1. The summed E-state index contributed by atoms with van der Waals surface area (Å²) >= 11 is 0. The number of carbonyl (C=O) groups excluding carboxylic acids is 1. The maximum atomic E-state index is 12.7. The van der Waals surface area contributed by atoms with Crippen LogP contribution >= 0.6 is 0 Å². The summed E-state index contributed by atoms with van der Waals surface area (Å²) in [6, 6.07) is 7.91. The van der Waals surface area contributed by atoms with Gasteiger partial charge in [0.2, 0.25) is 5.91 Å². The Morgan fingerprint density at radius 1 is 1.16 bits per heavy atom. The predicted molar refractivity (Wildman–Crippen MR) is 89.5 cm³/mol. The van der Waals surface area contributed by atoms with Gasteiger partial charge in [0.1, 0.15) is 5.75 Å². The first-order valence-corrected chi connectivity index (χ1v) is 8.89. The lowest BCUT2D eigenvalue weighted by atomic mass is 9.80. The van der Waals surface area contributed by atoms with Crippen LogP contribution in [0.3, 0.4) is 0 Å². The highest BCUT2D eigenvalue weighted by Crippen LogP contribution is 2.60. The molecule has 1 saturated heterocycles. The van der Waals surface area contributed by atoms with E-state index < -0.39 is 11.4 Å². The Morgan fingerprint density at radius 2 is 1.92 bits per heavy atom. The van der Waals surface area contributed by atoms with Crippen LogP contribution in [0.15, 0.2) is 24.3 Å². The maximum absolute atomic E-state index is 12.7. The first kappa shape index (κ1) is 16.4. The van der Waals surface area contributed by atoms with Crippen LogP contribution in [0.5, 0.6) is 5.75 Å². The first-order chi connectivity index (χ1) is 12.1. The summed E-state index contributed by atoms with van der Waals surface area (Å²) in [5, 5.41) is 12.5. The summed E-state index contributed by atoms with van der Waals surface area (Å²) in [6.45, 7) is 1.66. The van der Waals surface area contributed by atoms with Crippen LogP contribution in [0.25, 0.3) is 0 Å². The zero-order valence-electron chi connectivity index (χ0n) is 14.1. The van der Waals surface area contributed by atoms with Crippen molar-refractivity contribution in [3.63, 3.8) is 0 Å². The molecule has 1 aliphatic carbocycles. The van der Waals surface area contributed by atoms with Gasteiger partial charge in [-0.15, -0.1) is 0 Å². The van der Waals surface area contributed by atoms with Gasteiger partial charge in [-0.1, -0.05) is 18.2 Å². The second-order valence-corrected chi connectivity index (χ2v) is 7.42. The molecule has 1 aromatic carbocycles. The van der Waals surface area contributed by atoms with E-state index in [4.69, 9.17) is 9.47 Å². The molecule has 0 bridgehead atoms. The number of carboxylic acids is 1. The summed E-state index contributed by atoms with van der Waals surface area (Å²) in [5.74, 6) is -0.111. The number of hydrogen-bond acceptors (Lipinski definition) is 4. The molecular weight excluding hydrogens is 322 g/mol. The maximum Gasteiger partial charge on any atom is 0.311 e. The third kappa shape index (κ3) is 2.68. The van der Waals surface area contributed by atoms with Gasteiger partial charge >= 0.3 is 5.97 Å². The lowest BCUT2D eigenvalue weighted by molar-refractivity contribution is -0.154. The van der Waals surface area contributed by atoms with Gasteiger partial charge in [0, 0.05) is 36.7 Å². The lowest BCUT2D eigenvalue weighted by Crippen LogP contribution is -2.47. The van der Waals surface area contributed by atoms with Crippen molar-refractivity contribution in [3.8, 4) is 5.75 Å². The topological polar surface area (TPSA) is 84.9 Å². The minimum Gasteiger partial charge on any atom is -0.493 e. The Hall–Kier alpha value is -2.08. The summed E-state index contributed by atoms with van der Waals surface area (Å²) in [5.41, 5.74) is 0.0783. The van der Waals surface area contributed by atoms with Crippen molar-refractivity contribution in [3.05, 3.63) is 29.8 Å². The van der Waals surface area contributed by atoms with Gasteiger partial charge in [-0.25, -0.2) is 0 Å². The minimum atomic E-state index is -0.899. The van der Waals surface area contributed by atoms with Crippen molar-refractivity contribution < 1.29 is 24.2 Å². The van der Waals surface area contributed by atoms with Crippen molar-refractivity contribution in [1.82, 2.24) is 5.32 Å². The number of carboxylic acid groups (broad SMARTS) is 1. The second-order valence-electron chi connectivity index (χ2n) is 7.42. The quantitative estimate of drug-likeness (QED) is 0.868. The van der Waals surface area contributed by atoms with Gasteiger partial charge in [-0.3, -0.25) is 9.59 Å². The largest absolute Gasteiger partial charge is 0.493 e. The monoisotopic (exact) mass is 345 g/mol. The number of ether oxygens (including phenoxy) is 2. The second kappa shape index (κ2) is 6.02. The average Bonchev–Trinajstić information content (AvgIpc) is 3.35. The molecule has 6 nitrogen and oxygen atoms in total. The number of nitrogens with one attached hydrogen (secondary N) is 1. The van der Waals surface area contributed by atoms with E-state index in [0.29, 0.717) is 32.7 Å². The third-order valence-electron chi connectivity index (χ3n) is 6.13. The van der Waals surface area contributed by atoms with E-state index >= 15 is 0 Å². The van der Waals surface area contributed by atoms with Crippen LogP contribution in [-0.4, -0.2) is 43.3 Å². The number of hydrogen-bond donors (Lipinski definition) is 2. The molecule has 2 fully saturated rings. The molecule has 25 heavy (non-hydrogen) atoms. The Labute approximate surface area is 146 Å². The van der Waals surface area contributed by atoms with Gasteiger partial charge in [0.15, 0.2) is 0 Å². The SMILES string of the molecule is O=C(NCC1(C(=O)O)CCOCC1)[C@@H]1C[C@]12CCOc1ccccc12. The molecule has 134 valence electrons. The molecule has 1 saturated carbocycles. The molecule has 6 heteroatoms. The summed E-state index contributed by atoms with van der Waals surface area (Å²) in [7, 11) is 0. The summed E-state index contributed by atoms with van der Waals surface area (Å²) in [4.78, 5) is 24.4. The fourth-order valence-corrected chi connectivity index (χ4v) is 4.31. The third-order valence-corrected chi connectivity index (χ3v) is 6.13. The summed E-state index contributed by atoms with van der Waals surface area (Å²) in [6.07, 6.45) is 2.52. The van der Waals surface area contributed by atoms with Crippen LogP contribution in [-0.2, 0) is 19.7 Å². The Morgan fingerprint density at radius 3 is 2.68 bits per heavy atom. The van der Waals surface area contributed by atoms with E-state index in [-0.39, 0.29) is 23.8 Å². The molecule has 2 heterocycles. The zero-order chi connectivity index (χ0) is 17.5. The molecular formula is C19H23NO5. The van der Waals surface area contributed by atoms with Crippen LogP contribution in [0.1, 0.15) is 31.2 Å². The van der Waals surface area contributed by atoms with Crippen LogP contribution in [0.4, 0.5) is 0 Å². The fraction of sp³-hybridized carbons (Fsp3) is 0.579. The molecule has 2 aliphatic heterocycles. The highest BCUT2D eigenvalue weighted by Gasteiger charge is 2.61. The summed E-state index contributed by atoms with van der Waals surface area (Å²) < 4.78 is 11.0. The van der Waals surface area contributed by atoms with Crippen LogP contribution in [0, 0.1) is 11.3 Å². The number of carbonyl (C=O) groups is 2. The minimum absolute atomic E-state index is 0.0381. The molecule has 0 unspecified atom stereocenters. The van der Waals surface area contributed by atoms with E-state index in [0.717, 1.165) is 24.2 Å². The van der Waals surface area contributed by atoms with E-state index in [9.17, 15) is 14.7 Å². The Balaban J connectivity index is 1.45. The number of rotatable bonds is 4. The fourth-order valence-electron chi connectivity index (χ4n) is 4.31. The Bertz CT molecular complexity index is 697. The number of aliphatic carboxylic acids is 1. The number of amides is 1. The van der Waals surface area contributed by atoms with Gasteiger partial charge in [0.25, 0.3) is 0 Å². The van der Waals surface area contributed by atoms with Crippen molar-refractivity contribution in [1.29, 1.82) is 0 Å². The number of fused-ring (bicyclic) bond motifs is 2. The van der Waals surface area contributed by atoms with Gasteiger partial charge in [-0.2, -0.15) is 0 Å². The molecule has 2 atom stereocenters. The molecule has 1 amide bonds. The number of para-hydroxylation sites is 1. The van der Waals surface area contributed by atoms with E-state index in [1.165, 1.54) is 0 Å². The normalized spacial score (nSPS) is 29.4. The van der Waals surface area contributed by atoms with E-state index in [1.54, 1.807) is 0 Å². The first-order valence-electron chi connectivity index (χ1n) is 8.89. The van der Waals surface area contributed by atoms with E-state index in [1.807, 2.05) is 24.3 Å². The molecule has 1 spiro atoms. The van der Waals surface area contributed by atoms with Crippen molar-refractivity contribution in [2.75, 3.05) is 26.4 Å². The van der Waals surface area contributed by atoms with Gasteiger partial charge < -0.3 is 19.9 Å². The Kier molecular flexibility index (Phi) is 3.95. The number of benzene rings is 1. The van der Waals surface area contributed by atoms with Crippen LogP contribution < -0.4 is 10.1 Å². The zero-order valence-corrected chi connectivity index (χ0v) is 14.1. The van der Waals surface area contributed by atoms with E-state index in [2.05, 4.69) is 5.32 Å². The van der Waals surface area contributed by atoms with Crippen LogP contribution in [0.2, 0.25) is 0 Å². The molecule has 3 aliphatic rings. The van der Waals surface area contributed by atoms with Gasteiger partial charge in [0.05, 0.1) is 12.0 Å². The smallest absolute Gasteiger partial charge is 0.311 e. The average molecular weight is 345 g/mol. The van der Waals surface area contributed by atoms with Crippen molar-refractivity contribution in [2.24, 2.45) is 11.3 Å². The lowest BCUT2D eigenvalue weighted by Gasteiger charge is -2.33. The van der Waals surface area contributed by atoms with Crippen molar-refractivity contribution in [2.45, 2.75) is 31.1 Å². The van der Waals surface area contributed by atoms with Gasteiger partial charge in [-0.05, 0) is 31.7 Å².